The average Bonchev–Trinajstić information content (AvgIpc) is 2.51. The number of nitrogens with two attached hydrogens (primary N) is 1. The van der Waals surface area contributed by atoms with E-state index in [4.69, 9.17) is 15.2 Å². The number of nitrogens with zero attached hydrogens (tertiary/aromatic N) is 1. The monoisotopic (exact) mass is 300 g/mol. The van der Waals surface area contributed by atoms with Crippen molar-refractivity contribution >= 4 is 5.69 Å². The van der Waals surface area contributed by atoms with Crippen LogP contribution in [0, 0.1) is 5.92 Å². The van der Waals surface area contributed by atoms with Gasteiger partial charge >= 0.3 is 0 Å². The molecule has 0 spiro atoms. The summed E-state index contributed by atoms with van der Waals surface area (Å²) in [6.45, 7) is 5.86. The summed E-state index contributed by atoms with van der Waals surface area (Å²) >= 11 is 0. The van der Waals surface area contributed by atoms with E-state index < -0.39 is 0 Å². The highest BCUT2D eigenvalue weighted by Gasteiger charge is 2.15. The molecular weight excluding hydrogens is 280 g/mol. The first-order valence-electron chi connectivity index (χ1n) is 7.45. The molecule has 0 amide bonds. The van der Waals surface area contributed by atoms with Crippen LogP contribution in [0.15, 0.2) is 35.1 Å². The average molecular weight is 300 g/mol. The zero-order valence-corrected chi connectivity index (χ0v) is 12.8. The Kier molecular flexibility index (Phi) is 3.79. The Morgan fingerprint density at radius 2 is 1.86 bits per heavy atom. The third-order valence-corrected chi connectivity index (χ3v) is 3.59. The molecule has 1 aliphatic rings. The van der Waals surface area contributed by atoms with Gasteiger partial charge in [-0.3, -0.25) is 4.79 Å². The second kappa shape index (κ2) is 5.75. The van der Waals surface area contributed by atoms with Gasteiger partial charge in [0.2, 0.25) is 0 Å². The summed E-state index contributed by atoms with van der Waals surface area (Å²) < 4.78 is 12.9. The van der Waals surface area contributed by atoms with Crippen molar-refractivity contribution in [3.8, 4) is 22.8 Å². The number of benzene rings is 1. The van der Waals surface area contributed by atoms with Gasteiger partial charge in [0.25, 0.3) is 5.56 Å². The van der Waals surface area contributed by atoms with Crippen LogP contribution in [-0.2, 0) is 6.54 Å². The van der Waals surface area contributed by atoms with Gasteiger partial charge in [0, 0.05) is 12.1 Å². The maximum Gasteiger partial charge on any atom is 0.274 e. The molecule has 22 heavy (non-hydrogen) atoms. The third kappa shape index (κ3) is 2.66. The number of aromatic nitrogens is 1. The van der Waals surface area contributed by atoms with Crippen molar-refractivity contribution in [2.75, 3.05) is 18.9 Å². The van der Waals surface area contributed by atoms with E-state index in [2.05, 4.69) is 13.8 Å². The highest BCUT2D eigenvalue weighted by molar-refractivity contribution is 5.65. The van der Waals surface area contributed by atoms with Gasteiger partial charge in [-0.15, -0.1) is 0 Å². The van der Waals surface area contributed by atoms with Crippen LogP contribution in [0.5, 0.6) is 11.5 Å². The Hall–Kier alpha value is -2.43. The predicted octanol–water partition coefficient (Wildman–Crippen LogP) is 2.52. The van der Waals surface area contributed by atoms with E-state index >= 15 is 0 Å². The third-order valence-electron chi connectivity index (χ3n) is 3.59. The highest BCUT2D eigenvalue weighted by Crippen LogP contribution is 2.34. The largest absolute Gasteiger partial charge is 0.486 e. The standard InChI is InChI=1S/C17H20N2O3/c1-11(2)10-19-14(5-4-13(18)17(19)20)12-3-6-15-16(9-12)22-8-7-21-15/h3-6,9,11H,7-8,10,18H2,1-2H3. The molecular formula is C17H20N2O3. The SMILES string of the molecule is CC(C)Cn1c(-c2ccc3c(c2)OCCO3)ccc(N)c1=O. The smallest absolute Gasteiger partial charge is 0.274 e. The fourth-order valence-corrected chi connectivity index (χ4v) is 2.60. The molecule has 0 aliphatic carbocycles. The molecule has 1 aromatic carbocycles. The van der Waals surface area contributed by atoms with Crippen molar-refractivity contribution in [3.63, 3.8) is 0 Å². The molecule has 0 radical (unpaired) electrons. The topological polar surface area (TPSA) is 66.5 Å². The van der Waals surface area contributed by atoms with E-state index in [0.29, 0.717) is 31.4 Å². The summed E-state index contributed by atoms with van der Waals surface area (Å²) in [5, 5.41) is 0. The van der Waals surface area contributed by atoms with Crippen molar-refractivity contribution in [3.05, 3.63) is 40.7 Å². The molecule has 0 unspecified atom stereocenters. The number of pyridine rings is 1. The lowest BCUT2D eigenvalue weighted by Crippen LogP contribution is -2.26. The van der Waals surface area contributed by atoms with Gasteiger partial charge in [-0.25, -0.2) is 0 Å². The van der Waals surface area contributed by atoms with E-state index in [0.717, 1.165) is 17.0 Å². The zero-order valence-electron chi connectivity index (χ0n) is 12.8. The lowest BCUT2D eigenvalue weighted by molar-refractivity contribution is 0.171. The number of rotatable bonds is 3. The van der Waals surface area contributed by atoms with Crippen LogP contribution >= 0.6 is 0 Å². The van der Waals surface area contributed by atoms with Crippen LogP contribution in [-0.4, -0.2) is 17.8 Å². The predicted molar refractivity (Wildman–Crippen MR) is 86.4 cm³/mol. The van der Waals surface area contributed by atoms with Crippen LogP contribution in [0.1, 0.15) is 13.8 Å². The fraction of sp³-hybridized carbons (Fsp3) is 0.353. The van der Waals surface area contributed by atoms with Gasteiger partial charge in [0.05, 0.1) is 11.4 Å². The highest BCUT2D eigenvalue weighted by atomic mass is 16.6. The van der Waals surface area contributed by atoms with Crippen LogP contribution in [0.25, 0.3) is 11.3 Å². The number of nitrogen functional groups attached to an aromatic ring is 1. The summed E-state index contributed by atoms with van der Waals surface area (Å²) in [4.78, 5) is 12.4. The number of hydrogen-bond acceptors (Lipinski definition) is 4. The molecule has 1 aromatic heterocycles. The fourth-order valence-electron chi connectivity index (χ4n) is 2.60. The summed E-state index contributed by atoms with van der Waals surface area (Å²) in [5.41, 5.74) is 7.65. The Balaban J connectivity index is 2.11. The zero-order chi connectivity index (χ0) is 15.7. The number of anilines is 1. The minimum atomic E-state index is -0.152. The molecule has 5 heteroatoms. The molecule has 116 valence electrons. The molecule has 0 saturated carbocycles. The van der Waals surface area contributed by atoms with Gasteiger partial charge in [-0.05, 0) is 36.2 Å². The molecule has 1 aliphatic heterocycles. The first-order chi connectivity index (χ1) is 10.6. The van der Waals surface area contributed by atoms with E-state index in [1.807, 2.05) is 24.3 Å². The molecule has 0 atom stereocenters. The lowest BCUT2D eigenvalue weighted by atomic mass is 10.1. The molecule has 0 saturated heterocycles. The summed E-state index contributed by atoms with van der Waals surface area (Å²) in [6.07, 6.45) is 0. The van der Waals surface area contributed by atoms with Gasteiger partial charge in [0.15, 0.2) is 11.5 Å². The summed E-state index contributed by atoms with van der Waals surface area (Å²) in [6, 6.07) is 9.27. The van der Waals surface area contributed by atoms with E-state index in [9.17, 15) is 4.79 Å². The lowest BCUT2D eigenvalue weighted by Gasteiger charge is -2.20. The van der Waals surface area contributed by atoms with Crippen LogP contribution in [0.3, 0.4) is 0 Å². The quantitative estimate of drug-likeness (QED) is 0.946. The van der Waals surface area contributed by atoms with Crippen LogP contribution in [0.2, 0.25) is 0 Å². The Labute approximate surface area is 129 Å². The Bertz CT molecular complexity index is 750. The van der Waals surface area contributed by atoms with Crippen molar-refractivity contribution in [2.45, 2.75) is 20.4 Å². The molecule has 5 nitrogen and oxygen atoms in total. The summed E-state index contributed by atoms with van der Waals surface area (Å²) in [5.74, 6) is 1.79. The Morgan fingerprint density at radius 3 is 2.59 bits per heavy atom. The van der Waals surface area contributed by atoms with Gasteiger partial charge < -0.3 is 19.8 Å². The van der Waals surface area contributed by atoms with Crippen molar-refractivity contribution in [1.82, 2.24) is 4.57 Å². The summed E-state index contributed by atoms with van der Waals surface area (Å²) in [7, 11) is 0. The van der Waals surface area contributed by atoms with Gasteiger partial charge in [-0.2, -0.15) is 0 Å². The molecule has 0 bridgehead atoms. The molecule has 3 rings (SSSR count). The van der Waals surface area contributed by atoms with Crippen molar-refractivity contribution in [2.24, 2.45) is 5.92 Å². The van der Waals surface area contributed by atoms with E-state index in [-0.39, 0.29) is 11.2 Å². The number of hydrogen-bond donors (Lipinski definition) is 1. The number of fused-ring (bicyclic) bond motifs is 1. The van der Waals surface area contributed by atoms with Gasteiger partial charge in [0.1, 0.15) is 13.2 Å². The van der Waals surface area contributed by atoms with Crippen molar-refractivity contribution < 1.29 is 9.47 Å². The van der Waals surface area contributed by atoms with E-state index in [1.165, 1.54) is 0 Å². The number of ether oxygens (including phenoxy) is 2. The normalized spacial score (nSPS) is 13.4. The van der Waals surface area contributed by atoms with E-state index in [1.54, 1.807) is 10.6 Å². The molecule has 0 fully saturated rings. The maximum absolute atomic E-state index is 12.4. The minimum Gasteiger partial charge on any atom is -0.486 e. The first-order valence-corrected chi connectivity index (χ1v) is 7.45. The first kappa shape index (κ1) is 14.5. The second-order valence-electron chi connectivity index (χ2n) is 5.84. The van der Waals surface area contributed by atoms with Gasteiger partial charge in [-0.1, -0.05) is 13.8 Å². The molecule has 2 N–H and O–H groups in total. The minimum absolute atomic E-state index is 0.152. The maximum atomic E-state index is 12.4. The van der Waals surface area contributed by atoms with Crippen LogP contribution in [0.4, 0.5) is 5.69 Å². The van der Waals surface area contributed by atoms with Crippen molar-refractivity contribution in [1.29, 1.82) is 0 Å². The second-order valence-corrected chi connectivity index (χ2v) is 5.84. The molecule has 2 heterocycles. The van der Waals surface area contributed by atoms with Crippen LogP contribution < -0.4 is 20.8 Å². The Morgan fingerprint density at radius 1 is 1.14 bits per heavy atom. The molecule has 2 aromatic rings.